The zero-order chi connectivity index (χ0) is 15.5. The summed E-state index contributed by atoms with van der Waals surface area (Å²) in [6.07, 6.45) is 2.23. The van der Waals surface area contributed by atoms with E-state index in [2.05, 4.69) is 50.3 Å². The number of nitrogens with two attached hydrogens (primary N) is 1. The first-order valence-electron chi connectivity index (χ1n) is 7.25. The molecular formula is C17H17BrN4. The van der Waals surface area contributed by atoms with Gasteiger partial charge in [-0.15, -0.1) is 0 Å². The average Bonchev–Trinajstić information content (AvgIpc) is 2.51. The van der Waals surface area contributed by atoms with Crippen molar-refractivity contribution >= 4 is 44.3 Å². The van der Waals surface area contributed by atoms with E-state index in [1.165, 1.54) is 5.56 Å². The number of halogens is 1. The Morgan fingerprint density at radius 2 is 1.86 bits per heavy atom. The van der Waals surface area contributed by atoms with Crippen LogP contribution in [0.25, 0.3) is 10.9 Å². The fourth-order valence-corrected chi connectivity index (χ4v) is 2.82. The molecule has 22 heavy (non-hydrogen) atoms. The molecule has 0 radical (unpaired) electrons. The molecule has 4 nitrogen and oxygen atoms in total. The Labute approximate surface area is 137 Å². The number of anilines is 3. The summed E-state index contributed by atoms with van der Waals surface area (Å²) in [5, 5.41) is 4.06. The molecule has 0 saturated heterocycles. The quantitative estimate of drug-likeness (QED) is 0.712. The van der Waals surface area contributed by atoms with E-state index in [4.69, 9.17) is 5.73 Å². The van der Waals surface area contributed by atoms with Crippen LogP contribution in [0.2, 0.25) is 0 Å². The number of aromatic nitrogens is 2. The molecule has 1 aromatic heterocycles. The molecule has 0 unspecified atom stereocenters. The summed E-state index contributed by atoms with van der Waals surface area (Å²) in [4.78, 5) is 8.87. The van der Waals surface area contributed by atoms with Crippen molar-refractivity contribution in [2.75, 3.05) is 11.1 Å². The highest BCUT2D eigenvalue weighted by atomic mass is 79.9. The minimum absolute atomic E-state index is 0.469. The molecular weight excluding hydrogens is 340 g/mol. The highest BCUT2D eigenvalue weighted by Gasteiger charge is 2.08. The molecule has 3 N–H and O–H groups in total. The van der Waals surface area contributed by atoms with E-state index in [1.54, 1.807) is 0 Å². The first-order chi connectivity index (χ1) is 10.7. The molecule has 3 rings (SSSR count). The van der Waals surface area contributed by atoms with E-state index in [1.807, 2.05) is 30.3 Å². The second-order valence-corrected chi connectivity index (χ2v) is 5.99. The van der Waals surface area contributed by atoms with Gasteiger partial charge in [0.1, 0.15) is 5.82 Å². The lowest BCUT2D eigenvalue weighted by atomic mass is 10.1. The van der Waals surface area contributed by atoms with Gasteiger partial charge in [0.05, 0.1) is 5.52 Å². The maximum Gasteiger partial charge on any atom is 0.229 e. The van der Waals surface area contributed by atoms with E-state index < -0.39 is 0 Å². The lowest BCUT2D eigenvalue weighted by Crippen LogP contribution is -2.02. The van der Waals surface area contributed by atoms with Gasteiger partial charge in [-0.2, -0.15) is 4.98 Å². The summed E-state index contributed by atoms with van der Waals surface area (Å²) in [7, 11) is 0. The number of fused-ring (bicyclic) bond motifs is 1. The standard InChI is InChI=1S/C17H17BrN4/c1-2-4-11-7-9-12(10-8-11)20-17-21-15-13(16(19)22-17)5-3-6-14(15)18/h3,5-10H,2,4H2,1H3,(H3,19,20,21,22). The van der Waals surface area contributed by atoms with Gasteiger partial charge in [-0.25, -0.2) is 4.98 Å². The van der Waals surface area contributed by atoms with Crippen LogP contribution >= 0.6 is 15.9 Å². The van der Waals surface area contributed by atoms with Crippen molar-refractivity contribution in [1.29, 1.82) is 0 Å². The Morgan fingerprint density at radius 1 is 1.09 bits per heavy atom. The van der Waals surface area contributed by atoms with E-state index in [0.29, 0.717) is 11.8 Å². The molecule has 5 heteroatoms. The second-order valence-electron chi connectivity index (χ2n) is 5.14. The Hall–Kier alpha value is -2.14. The number of hydrogen-bond donors (Lipinski definition) is 2. The van der Waals surface area contributed by atoms with Crippen molar-refractivity contribution in [2.24, 2.45) is 0 Å². The minimum Gasteiger partial charge on any atom is -0.383 e. The number of para-hydroxylation sites is 1. The predicted octanol–water partition coefficient (Wildman–Crippen LogP) is 4.67. The number of aryl methyl sites for hydroxylation is 1. The third-order valence-corrected chi connectivity index (χ3v) is 4.10. The van der Waals surface area contributed by atoms with E-state index in [9.17, 15) is 0 Å². The van der Waals surface area contributed by atoms with Crippen LogP contribution in [0.15, 0.2) is 46.9 Å². The number of nitrogens with zero attached hydrogens (tertiary/aromatic N) is 2. The van der Waals surface area contributed by atoms with Crippen LogP contribution in [0.5, 0.6) is 0 Å². The van der Waals surface area contributed by atoms with Crippen molar-refractivity contribution in [3.05, 3.63) is 52.5 Å². The Kier molecular flexibility index (Phi) is 4.24. The molecule has 0 amide bonds. The number of nitrogen functional groups attached to an aromatic ring is 1. The van der Waals surface area contributed by atoms with E-state index in [0.717, 1.165) is 33.9 Å². The molecule has 0 aliphatic heterocycles. The van der Waals surface area contributed by atoms with Gasteiger partial charge < -0.3 is 11.1 Å². The van der Waals surface area contributed by atoms with Crippen LogP contribution < -0.4 is 11.1 Å². The summed E-state index contributed by atoms with van der Waals surface area (Å²) in [6.45, 7) is 2.18. The largest absolute Gasteiger partial charge is 0.383 e. The molecule has 0 fully saturated rings. The van der Waals surface area contributed by atoms with Crippen LogP contribution in [0, 0.1) is 0 Å². The highest BCUT2D eigenvalue weighted by Crippen LogP contribution is 2.27. The number of nitrogens with one attached hydrogen (secondary N) is 1. The van der Waals surface area contributed by atoms with Crippen LogP contribution in [0.3, 0.4) is 0 Å². The normalized spacial score (nSPS) is 10.8. The topological polar surface area (TPSA) is 63.8 Å². The van der Waals surface area contributed by atoms with Crippen LogP contribution in [-0.2, 0) is 6.42 Å². The maximum atomic E-state index is 6.03. The van der Waals surface area contributed by atoms with Crippen molar-refractivity contribution in [1.82, 2.24) is 9.97 Å². The van der Waals surface area contributed by atoms with Gasteiger partial charge >= 0.3 is 0 Å². The number of hydrogen-bond acceptors (Lipinski definition) is 4. The van der Waals surface area contributed by atoms with Crippen LogP contribution in [0.4, 0.5) is 17.5 Å². The molecule has 0 aliphatic rings. The number of benzene rings is 2. The van der Waals surface area contributed by atoms with Crippen molar-refractivity contribution in [3.8, 4) is 0 Å². The summed E-state index contributed by atoms with van der Waals surface area (Å²) in [6, 6.07) is 14.1. The van der Waals surface area contributed by atoms with Crippen molar-refractivity contribution in [3.63, 3.8) is 0 Å². The molecule has 0 bridgehead atoms. The molecule has 2 aromatic carbocycles. The summed E-state index contributed by atoms with van der Waals surface area (Å²) < 4.78 is 0.903. The van der Waals surface area contributed by atoms with E-state index >= 15 is 0 Å². The van der Waals surface area contributed by atoms with Crippen LogP contribution in [-0.4, -0.2) is 9.97 Å². The van der Waals surface area contributed by atoms with Gasteiger partial charge in [0.25, 0.3) is 0 Å². The summed E-state index contributed by atoms with van der Waals surface area (Å²) in [5.74, 6) is 0.969. The lowest BCUT2D eigenvalue weighted by molar-refractivity contribution is 0.922. The zero-order valence-electron chi connectivity index (χ0n) is 12.3. The van der Waals surface area contributed by atoms with Gasteiger partial charge in [-0.1, -0.05) is 31.5 Å². The zero-order valence-corrected chi connectivity index (χ0v) is 13.9. The highest BCUT2D eigenvalue weighted by molar-refractivity contribution is 9.10. The SMILES string of the molecule is CCCc1ccc(Nc2nc(N)c3cccc(Br)c3n2)cc1. The van der Waals surface area contributed by atoms with E-state index in [-0.39, 0.29) is 0 Å². The van der Waals surface area contributed by atoms with Gasteiger partial charge in [0, 0.05) is 15.5 Å². The average molecular weight is 357 g/mol. The first kappa shape index (κ1) is 14.8. The smallest absolute Gasteiger partial charge is 0.229 e. The fraction of sp³-hybridized carbons (Fsp3) is 0.176. The Bertz CT molecular complexity index is 800. The third-order valence-electron chi connectivity index (χ3n) is 3.46. The van der Waals surface area contributed by atoms with Gasteiger partial charge in [-0.3, -0.25) is 0 Å². The van der Waals surface area contributed by atoms with Gasteiger partial charge in [0.15, 0.2) is 0 Å². The maximum absolute atomic E-state index is 6.03. The molecule has 112 valence electrons. The number of rotatable bonds is 4. The fourth-order valence-electron chi connectivity index (χ4n) is 2.37. The lowest BCUT2D eigenvalue weighted by Gasteiger charge is -2.09. The summed E-state index contributed by atoms with van der Waals surface area (Å²) >= 11 is 3.50. The second kappa shape index (κ2) is 6.32. The summed E-state index contributed by atoms with van der Waals surface area (Å²) in [5.41, 5.74) is 9.12. The Morgan fingerprint density at radius 3 is 2.59 bits per heavy atom. The van der Waals surface area contributed by atoms with Gasteiger partial charge in [0.2, 0.25) is 5.95 Å². The van der Waals surface area contributed by atoms with Gasteiger partial charge in [-0.05, 0) is 52.2 Å². The molecule has 0 saturated carbocycles. The Balaban J connectivity index is 1.92. The first-order valence-corrected chi connectivity index (χ1v) is 8.04. The minimum atomic E-state index is 0.469. The molecule has 0 atom stereocenters. The predicted molar refractivity (Wildman–Crippen MR) is 95.4 cm³/mol. The van der Waals surface area contributed by atoms with Crippen molar-refractivity contribution < 1.29 is 0 Å². The molecule has 1 heterocycles. The molecule has 0 aliphatic carbocycles. The van der Waals surface area contributed by atoms with Crippen LogP contribution in [0.1, 0.15) is 18.9 Å². The monoisotopic (exact) mass is 356 g/mol. The van der Waals surface area contributed by atoms with Crippen molar-refractivity contribution in [2.45, 2.75) is 19.8 Å². The molecule has 3 aromatic rings. The third kappa shape index (κ3) is 3.04. The molecule has 0 spiro atoms.